The highest BCUT2D eigenvalue weighted by atomic mass is 32.1. The van der Waals surface area contributed by atoms with E-state index in [-0.39, 0.29) is 18.2 Å². The zero-order valence-electron chi connectivity index (χ0n) is 11.1. The Morgan fingerprint density at radius 1 is 1.45 bits per heavy atom. The summed E-state index contributed by atoms with van der Waals surface area (Å²) in [7, 11) is 0. The van der Waals surface area contributed by atoms with Crippen LogP contribution in [0.2, 0.25) is 0 Å². The smallest absolute Gasteiger partial charge is 0.263 e. The van der Waals surface area contributed by atoms with E-state index in [1.54, 1.807) is 6.20 Å². The van der Waals surface area contributed by atoms with Gasteiger partial charge in [-0.3, -0.25) is 9.59 Å². The molecule has 0 aromatic carbocycles. The number of rotatable bonds is 5. The number of nitrogens with zero attached hydrogens (tertiary/aromatic N) is 1. The fourth-order valence-corrected chi connectivity index (χ4v) is 2.97. The Morgan fingerprint density at radius 3 is 2.85 bits per heavy atom. The summed E-state index contributed by atoms with van der Waals surface area (Å²) >= 11 is 1.27. The Hall–Kier alpha value is -2.15. The van der Waals surface area contributed by atoms with Crippen LogP contribution in [0.15, 0.2) is 12.3 Å². The summed E-state index contributed by atoms with van der Waals surface area (Å²) in [5.41, 5.74) is 12.5. The number of aryl methyl sites for hydroxylation is 1. The lowest BCUT2D eigenvalue weighted by Gasteiger charge is -2.03. The van der Waals surface area contributed by atoms with Crippen LogP contribution in [0.5, 0.6) is 0 Å². The molecule has 2 aromatic rings. The molecule has 0 fully saturated rings. The first-order valence-electron chi connectivity index (χ1n) is 6.20. The van der Waals surface area contributed by atoms with Crippen molar-refractivity contribution in [3.8, 4) is 0 Å². The molecule has 0 unspecified atom stereocenters. The molecule has 0 atom stereocenters. The van der Waals surface area contributed by atoms with Crippen molar-refractivity contribution in [2.24, 2.45) is 5.73 Å². The number of nitrogens with one attached hydrogen (secondary N) is 1. The van der Waals surface area contributed by atoms with E-state index in [0.717, 1.165) is 15.8 Å². The molecule has 0 aliphatic heterocycles. The molecular weight excluding hydrogens is 276 g/mol. The standard InChI is InChI=1S/C13H16N4O2S/c1-7-4-6-17-13-9(7)10(15)11(20-13)12(19)16-5-2-3-8(14)18/h4,6H,2-3,5,15H2,1H3,(H2,14,18)(H,16,19). The molecular formula is C13H16N4O2S. The average molecular weight is 292 g/mol. The van der Waals surface area contributed by atoms with Crippen LogP contribution in [0.25, 0.3) is 10.2 Å². The van der Waals surface area contributed by atoms with Gasteiger partial charge < -0.3 is 16.8 Å². The maximum Gasteiger partial charge on any atom is 0.263 e. The maximum atomic E-state index is 12.1. The number of amides is 2. The molecule has 0 saturated heterocycles. The SMILES string of the molecule is Cc1ccnc2sc(C(=O)NCCCC(N)=O)c(N)c12. The average Bonchev–Trinajstić information content (AvgIpc) is 2.73. The van der Waals surface area contributed by atoms with E-state index < -0.39 is 0 Å². The Kier molecular flexibility index (Phi) is 4.19. The molecule has 6 nitrogen and oxygen atoms in total. The van der Waals surface area contributed by atoms with E-state index in [9.17, 15) is 9.59 Å². The zero-order valence-corrected chi connectivity index (χ0v) is 11.9. The van der Waals surface area contributed by atoms with Crippen LogP contribution in [0.4, 0.5) is 5.69 Å². The Morgan fingerprint density at radius 2 is 2.20 bits per heavy atom. The monoisotopic (exact) mass is 292 g/mol. The normalized spacial score (nSPS) is 10.7. The van der Waals surface area contributed by atoms with Gasteiger partial charge in [-0.25, -0.2) is 4.98 Å². The van der Waals surface area contributed by atoms with Gasteiger partial charge in [-0.2, -0.15) is 0 Å². The van der Waals surface area contributed by atoms with E-state index in [4.69, 9.17) is 11.5 Å². The zero-order chi connectivity index (χ0) is 14.7. The fraction of sp³-hybridized carbons (Fsp3) is 0.308. The van der Waals surface area contributed by atoms with Crippen molar-refractivity contribution in [2.75, 3.05) is 12.3 Å². The Bertz CT molecular complexity index is 666. The van der Waals surface area contributed by atoms with Crippen LogP contribution in [0, 0.1) is 6.92 Å². The van der Waals surface area contributed by atoms with Crippen molar-refractivity contribution in [3.05, 3.63) is 22.7 Å². The second-order valence-electron chi connectivity index (χ2n) is 4.48. The number of aromatic nitrogens is 1. The molecule has 0 radical (unpaired) electrons. The second-order valence-corrected chi connectivity index (χ2v) is 5.48. The van der Waals surface area contributed by atoms with Crippen LogP contribution >= 0.6 is 11.3 Å². The van der Waals surface area contributed by atoms with Crippen molar-refractivity contribution < 1.29 is 9.59 Å². The second kappa shape index (κ2) is 5.87. The first-order chi connectivity index (χ1) is 9.50. The number of thiophene rings is 1. The highest BCUT2D eigenvalue weighted by Crippen LogP contribution is 2.34. The fourth-order valence-electron chi connectivity index (χ4n) is 1.92. The molecule has 7 heteroatoms. The number of nitrogen functional groups attached to an aromatic ring is 1. The number of fused-ring (bicyclic) bond motifs is 1. The van der Waals surface area contributed by atoms with Gasteiger partial charge in [0.15, 0.2) is 0 Å². The number of pyridine rings is 1. The molecule has 0 aliphatic rings. The van der Waals surface area contributed by atoms with Gasteiger partial charge in [-0.1, -0.05) is 0 Å². The number of carbonyl (C=O) groups is 2. The maximum absolute atomic E-state index is 12.1. The van der Waals surface area contributed by atoms with Crippen molar-refractivity contribution >= 4 is 39.1 Å². The van der Waals surface area contributed by atoms with Crippen LogP contribution in [-0.2, 0) is 4.79 Å². The van der Waals surface area contributed by atoms with Gasteiger partial charge in [0.1, 0.15) is 9.71 Å². The molecule has 2 rings (SSSR count). The largest absolute Gasteiger partial charge is 0.397 e. The van der Waals surface area contributed by atoms with Crippen molar-refractivity contribution in [2.45, 2.75) is 19.8 Å². The third-order valence-corrected chi connectivity index (χ3v) is 4.04. The van der Waals surface area contributed by atoms with Gasteiger partial charge >= 0.3 is 0 Å². The quantitative estimate of drug-likeness (QED) is 0.718. The first-order valence-corrected chi connectivity index (χ1v) is 7.02. The molecule has 5 N–H and O–H groups in total. The van der Waals surface area contributed by atoms with Gasteiger partial charge in [0.25, 0.3) is 5.91 Å². The summed E-state index contributed by atoms with van der Waals surface area (Å²) in [6, 6.07) is 1.86. The van der Waals surface area contributed by atoms with E-state index >= 15 is 0 Å². The van der Waals surface area contributed by atoms with Gasteiger partial charge in [-0.05, 0) is 25.0 Å². The van der Waals surface area contributed by atoms with Crippen LogP contribution in [0.1, 0.15) is 28.1 Å². The molecule has 2 heterocycles. The summed E-state index contributed by atoms with van der Waals surface area (Å²) in [6.07, 6.45) is 2.47. The van der Waals surface area contributed by atoms with Gasteiger partial charge in [0, 0.05) is 24.5 Å². The van der Waals surface area contributed by atoms with Gasteiger partial charge in [0.2, 0.25) is 5.91 Å². The molecule has 2 amide bonds. The number of primary amides is 1. The third kappa shape index (κ3) is 2.88. The molecule has 0 aliphatic carbocycles. The third-order valence-electron chi connectivity index (χ3n) is 2.93. The number of hydrogen-bond acceptors (Lipinski definition) is 5. The summed E-state index contributed by atoms with van der Waals surface area (Å²) < 4.78 is 0. The van der Waals surface area contributed by atoms with E-state index in [1.165, 1.54) is 11.3 Å². The summed E-state index contributed by atoms with van der Waals surface area (Å²) in [5, 5.41) is 3.56. The molecule has 0 bridgehead atoms. The van der Waals surface area contributed by atoms with Crippen molar-refractivity contribution in [1.29, 1.82) is 0 Å². The molecule has 0 spiro atoms. The van der Waals surface area contributed by atoms with E-state index in [0.29, 0.717) is 23.5 Å². The van der Waals surface area contributed by atoms with Gasteiger partial charge in [-0.15, -0.1) is 11.3 Å². The van der Waals surface area contributed by atoms with Crippen molar-refractivity contribution in [3.63, 3.8) is 0 Å². The molecule has 2 aromatic heterocycles. The minimum atomic E-state index is -0.375. The topological polar surface area (TPSA) is 111 Å². The lowest BCUT2D eigenvalue weighted by molar-refractivity contribution is -0.118. The summed E-state index contributed by atoms with van der Waals surface area (Å²) in [6.45, 7) is 2.32. The predicted molar refractivity (Wildman–Crippen MR) is 79.5 cm³/mol. The molecule has 106 valence electrons. The Labute approximate surface area is 120 Å². The van der Waals surface area contributed by atoms with E-state index in [2.05, 4.69) is 10.3 Å². The van der Waals surface area contributed by atoms with Crippen molar-refractivity contribution in [1.82, 2.24) is 10.3 Å². The highest BCUT2D eigenvalue weighted by molar-refractivity contribution is 7.21. The van der Waals surface area contributed by atoms with Crippen LogP contribution < -0.4 is 16.8 Å². The lowest BCUT2D eigenvalue weighted by atomic mass is 10.2. The number of carbonyl (C=O) groups excluding carboxylic acids is 2. The number of hydrogen-bond donors (Lipinski definition) is 3. The summed E-state index contributed by atoms with van der Waals surface area (Å²) in [4.78, 5) is 28.1. The highest BCUT2D eigenvalue weighted by Gasteiger charge is 2.17. The number of nitrogens with two attached hydrogens (primary N) is 2. The molecule has 0 saturated carbocycles. The van der Waals surface area contributed by atoms with Gasteiger partial charge in [0.05, 0.1) is 5.69 Å². The Balaban J connectivity index is 2.13. The summed E-state index contributed by atoms with van der Waals surface area (Å²) in [5.74, 6) is -0.616. The minimum absolute atomic E-state index is 0.241. The minimum Gasteiger partial charge on any atom is -0.397 e. The van der Waals surface area contributed by atoms with Crippen LogP contribution in [0.3, 0.4) is 0 Å². The lowest BCUT2D eigenvalue weighted by Crippen LogP contribution is -2.25. The van der Waals surface area contributed by atoms with E-state index in [1.807, 2.05) is 13.0 Å². The van der Waals surface area contributed by atoms with Crippen LogP contribution in [-0.4, -0.2) is 23.3 Å². The number of anilines is 1. The predicted octanol–water partition coefficient (Wildman–Crippen LogP) is 1.18. The first kappa shape index (κ1) is 14.3. The molecule has 20 heavy (non-hydrogen) atoms.